The van der Waals surface area contributed by atoms with Crippen molar-refractivity contribution < 1.29 is 9.59 Å². The van der Waals surface area contributed by atoms with Crippen molar-refractivity contribution in [2.24, 2.45) is 7.05 Å². The van der Waals surface area contributed by atoms with Crippen LogP contribution in [0.4, 0.5) is 0 Å². The Balaban J connectivity index is 1.48. The third kappa shape index (κ3) is 5.37. The Hall–Kier alpha value is -4.27. The number of hydrogen-bond acceptors (Lipinski definition) is 5. The Morgan fingerprint density at radius 2 is 1.91 bits per heavy atom. The third-order valence-electron chi connectivity index (χ3n) is 5.83. The van der Waals surface area contributed by atoms with Gasteiger partial charge in [-0.15, -0.1) is 10.2 Å². The molecule has 0 unspecified atom stereocenters. The van der Waals surface area contributed by atoms with E-state index in [4.69, 9.17) is 0 Å². The lowest BCUT2D eigenvalue weighted by Crippen LogP contribution is -2.41. The first kappa shape index (κ1) is 22.9. The molecule has 0 aliphatic carbocycles. The van der Waals surface area contributed by atoms with Crippen LogP contribution in [0.1, 0.15) is 32.8 Å². The van der Waals surface area contributed by atoms with E-state index in [9.17, 15) is 9.59 Å². The molecule has 2 aromatic carbocycles. The van der Waals surface area contributed by atoms with Gasteiger partial charge in [0.1, 0.15) is 5.69 Å². The van der Waals surface area contributed by atoms with Crippen LogP contribution in [0.2, 0.25) is 0 Å². The Labute approximate surface area is 197 Å². The van der Waals surface area contributed by atoms with Gasteiger partial charge in [0.05, 0.1) is 0 Å². The Morgan fingerprint density at radius 3 is 2.62 bits per heavy atom. The van der Waals surface area contributed by atoms with Crippen molar-refractivity contribution >= 4 is 11.8 Å². The van der Waals surface area contributed by atoms with E-state index in [0.717, 1.165) is 5.56 Å². The van der Waals surface area contributed by atoms with Crippen molar-refractivity contribution in [3.8, 4) is 11.4 Å². The maximum absolute atomic E-state index is 13.4. The first-order chi connectivity index (χ1) is 16.5. The number of H-pyrrole nitrogens is 1. The molecular weight excluding hydrogens is 430 g/mol. The number of aromatic nitrogens is 5. The van der Waals surface area contributed by atoms with Crippen molar-refractivity contribution in [2.75, 3.05) is 13.6 Å². The number of carbonyl (C=O) groups excluding carboxylic acids is 2. The van der Waals surface area contributed by atoms with Gasteiger partial charge in [0.2, 0.25) is 5.82 Å². The highest BCUT2D eigenvalue weighted by Crippen LogP contribution is 2.19. The van der Waals surface area contributed by atoms with Crippen LogP contribution in [0.5, 0.6) is 0 Å². The number of benzene rings is 2. The molecule has 9 nitrogen and oxygen atoms in total. The number of aromatic amines is 1. The number of amides is 2. The summed E-state index contributed by atoms with van der Waals surface area (Å²) in [6, 6.07) is 20.7. The van der Waals surface area contributed by atoms with E-state index in [1.165, 1.54) is 0 Å². The van der Waals surface area contributed by atoms with Crippen LogP contribution in [0.3, 0.4) is 0 Å². The molecule has 4 rings (SSSR count). The SMILES string of the molecule is CN(C(=O)c1cccc(-c2nn[nH]n2)c1)[C@H](CCNC(=O)c1cccn1C)Cc1ccccc1. The molecule has 0 bridgehead atoms. The van der Waals surface area contributed by atoms with Crippen LogP contribution in [0.15, 0.2) is 72.9 Å². The smallest absolute Gasteiger partial charge is 0.267 e. The summed E-state index contributed by atoms with van der Waals surface area (Å²) in [6.07, 6.45) is 3.12. The molecule has 0 aliphatic heterocycles. The molecule has 0 saturated heterocycles. The molecule has 174 valence electrons. The average Bonchev–Trinajstić information content (AvgIpc) is 3.55. The summed E-state index contributed by atoms with van der Waals surface area (Å²) in [6.45, 7) is 0.446. The van der Waals surface area contributed by atoms with Crippen LogP contribution < -0.4 is 5.32 Å². The first-order valence-corrected chi connectivity index (χ1v) is 11.1. The molecule has 2 amide bonds. The molecular formula is C25H27N7O2. The van der Waals surface area contributed by atoms with Crippen molar-refractivity contribution in [3.05, 3.63) is 89.7 Å². The first-order valence-electron chi connectivity index (χ1n) is 11.1. The molecule has 2 aromatic heterocycles. The van der Waals surface area contributed by atoms with Gasteiger partial charge in [-0.3, -0.25) is 9.59 Å². The van der Waals surface area contributed by atoms with Crippen LogP contribution in [-0.4, -0.2) is 61.5 Å². The van der Waals surface area contributed by atoms with Crippen LogP contribution in [-0.2, 0) is 13.5 Å². The second-order valence-corrected chi connectivity index (χ2v) is 8.12. The zero-order chi connectivity index (χ0) is 23.9. The number of aryl methyl sites for hydroxylation is 1. The van der Waals surface area contributed by atoms with Crippen molar-refractivity contribution in [2.45, 2.75) is 18.9 Å². The summed E-state index contributed by atoms with van der Waals surface area (Å²) >= 11 is 0. The fraction of sp³-hybridized carbons (Fsp3) is 0.240. The lowest BCUT2D eigenvalue weighted by Gasteiger charge is -2.29. The van der Waals surface area contributed by atoms with E-state index in [0.29, 0.717) is 42.0 Å². The normalized spacial score (nSPS) is 11.7. The summed E-state index contributed by atoms with van der Waals surface area (Å²) in [5.74, 6) is 0.189. The number of nitrogens with zero attached hydrogens (tertiary/aromatic N) is 5. The summed E-state index contributed by atoms with van der Waals surface area (Å²) < 4.78 is 1.78. The van der Waals surface area contributed by atoms with Gasteiger partial charge in [0, 0.05) is 44.0 Å². The van der Waals surface area contributed by atoms with Gasteiger partial charge >= 0.3 is 0 Å². The van der Waals surface area contributed by atoms with Crippen molar-refractivity contribution in [1.29, 1.82) is 0 Å². The van der Waals surface area contributed by atoms with Gasteiger partial charge in [-0.25, -0.2) is 0 Å². The Kier molecular flexibility index (Phi) is 7.12. The molecule has 2 N–H and O–H groups in total. The topological polar surface area (TPSA) is 109 Å². The highest BCUT2D eigenvalue weighted by Gasteiger charge is 2.22. The van der Waals surface area contributed by atoms with Crippen molar-refractivity contribution in [3.63, 3.8) is 0 Å². The van der Waals surface area contributed by atoms with Crippen LogP contribution >= 0.6 is 0 Å². The molecule has 0 radical (unpaired) electrons. The molecule has 2 heterocycles. The number of hydrogen-bond donors (Lipinski definition) is 2. The highest BCUT2D eigenvalue weighted by molar-refractivity contribution is 5.95. The lowest BCUT2D eigenvalue weighted by molar-refractivity contribution is 0.0723. The molecule has 0 saturated carbocycles. The monoisotopic (exact) mass is 457 g/mol. The quantitative estimate of drug-likeness (QED) is 0.402. The van der Waals surface area contributed by atoms with Gasteiger partial charge in [-0.05, 0) is 47.9 Å². The van der Waals surface area contributed by atoms with E-state index < -0.39 is 0 Å². The minimum absolute atomic E-state index is 0.111. The van der Waals surface area contributed by atoms with Crippen LogP contribution in [0, 0.1) is 0 Å². The second-order valence-electron chi connectivity index (χ2n) is 8.12. The summed E-state index contributed by atoms with van der Waals surface area (Å²) in [5, 5.41) is 17.0. The predicted molar refractivity (Wildman–Crippen MR) is 128 cm³/mol. The highest BCUT2D eigenvalue weighted by atomic mass is 16.2. The number of rotatable bonds is 9. The maximum Gasteiger partial charge on any atom is 0.267 e. The third-order valence-corrected chi connectivity index (χ3v) is 5.83. The van der Waals surface area contributed by atoms with E-state index in [-0.39, 0.29) is 17.9 Å². The predicted octanol–water partition coefficient (Wildman–Crippen LogP) is 2.71. The van der Waals surface area contributed by atoms with E-state index in [1.807, 2.05) is 55.7 Å². The van der Waals surface area contributed by atoms with E-state index in [1.54, 1.807) is 40.8 Å². The molecule has 0 aliphatic rings. The molecule has 34 heavy (non-hydrogen) atoms. The minimum atomic E-state index is -0.132. The molecule has 9 heteroatoms. The molecule has 4 aromatic rings. The molecule has 0 fully saturated rings. The number of tetrazole rings is 1. The Bertz CT molecular complexity index is 1240. The van der Waals surface area contributed by atoms with E-state index in [2.05, 4.69) is 25.9 Å². The van der Waals surface area contributed by atoms with Crippen LogP contribution in [0.25, 0.3) is 11.4 Å². The van der Waals surface area contributed by atoms with Gasteiger partial charge in [-0.2, -0.15) is 5.21 Å². The standard InChI is InChI=1S/C25H27N7O2/c1-31-15-7-12-22(31)24(33)26-14-13-21(16-18-8-4-3-5-9-18)32(2)25(34)20-11-6-10-19(17-20)23-27-29-30-28-23/h3-12,15,17,21H,13-14,16H2,1-2H3,(H,26,33)(H,27,28,29,30)/t21-/m1/s1. The largest absolute Gasteiger partial charge is 0.351 e. The van der Waals surface area contributed by atoms with Gasteiger partial charge in [-0.1, -0.05) is 42.5 Å². The summed E-state index contributed by atoms with van der Waals surface area (Å²) in [4.78, 5) is 27.7. The van der Waals surface area contributed by atoms with E-state index >= 15 is 0 Å². The number of likely N-dealkylation sites (N-methyl/N-ethyl adjacent to an activating group) is 1. The van der Waals surface area contributed by atoms with Crippen molar-refractivity contribution in [1.82, 2.24) is 35.4 Å². The fourth-order valence-corrected chi connectivity index (χ4v) is 3.90. The summed E-state index contributed by atoms with van der Waals surface area (Å²) in [5.41, 5.74) is 2.97. The number of carbonyl (C=O) groups is 2. The van der Waals surface area contributed by atoms with Gasteiger partial charge in [0.25, 0.3) is 11.8 Å². The van der Waals surface area contributed by atoms with Gasteiger partial charge in [0.15, 0.2) is 0 Å². The average molecular weight is 458 g/mol. The zero-order valence-corrected chi connectivity index (χ0v) is 19.2. The zero-order valence-electron chi connectivity index (χ0n) is 19.2. The molecule has 1 atom stereocenters. The summed E-state index contributed by atoms with van der Waals surface area (Å²) in [7, 11) is 3.64. The molecule has 0 spiro atoms. The second kappa shape index (κ2) is 10.6. The minimum Gasteiger partial charge on any atom is -0.351 e. The number of nitrogens with one attached hydrogen (secondary N) is 2. The fourth-order valence-electron chi connectivity index (χ4n) is 3.90. The maximum atomic E-state index is 13.4. The lowest BCUT2D eigenvalue weighted by atomic mass is 10.0. The van der Waals surface area contributed by atoms with Gasteiger partial charge < -0.3 is 14.8 Å². The Morgan fingerprint density at radius 1 is 1.09 bits per heavy atom.